The molecule has 2 heterocycles. The topological polar surface area (TPSA) is 91.0 Å². The highest BCUT2D eigenvalue weighted by Gasteiger charge is 2.46. The summed E-state index contributed by atoms with van der Waals surface area (Å²) in [4.78, 5) is 40.0. The summed E-state index contributed by atoms with van der Waals surface area (Å²) in [6.45, 7) is 4.81. The van der Waals surface area contributed by atoms with E-state index in [2.05, 4.69) is 15.5 Å². The van der Waals surface area contributed by atoms with Gasteiger partial charge in [0.1, 0.15) is 6.04 Å². The van der Waals surface area contributed by atoms with Gasteiger partial charge >= 0.3 is 12.0 Å². The lowest BCUT2D eigenvalue weighted by Gasteiger charge is -2.33. The smallest absolute Gasteiger partial charge is 0.318 e. The number of carbonyl (C=O) groups is 3. The van der Waals surface area contributed by atoms with E-state index in [1.807, 2.05) is 20.9 Å². The van der Waals surface area contributed by atoms with Crippen LogP contribution in [0.15, 0.2) is 0 Å². The molecule has 0 aromatic heterocycles. The zero-order valence-electron chi connectivity index (χ0n) is 14.9. The number of nitrogens with one attached hydrogen (secondary N) is 2. The van der Waals surface area contributed by atoms with Crippen molar-refractivity contribution in [3.05, 3.63) is 0 Å². The van der Waals surface area contributed by atoms with E-state index in [0.717, 1.165) is 6.42 Å². The van der Waals surface area contributed by atoms with E-state index in [1.165, 1.54) is 7.11 Å². The van der Waals surface area contributed by atoms with Gasteiger partial charge in [0.2, 0.25) is 5.91 Å². The Kier molecular flexibility index (Phi) is 6.04. The monoisotopic (exact) mass is 340 g/mol. The number of esters is 1. The standard InChI is InChI=1S/C16H28N4O4/c1-10(2)18-16(23)20-8-7-12-14(20)15(22)17-9-11(19(12)3)5-6-13(21)24-4/h10-12,14H,5-9H2,1-4H3,(H,17,22)(H,18,23). The zero-order chi connectivity index (χ0) is 17.9. The Balaban J connectivity index is 2.08. The van der Waals surface area contributed by atoms with Crippen LogP contribution in [-0.4, -0.2) is 79.1 Å². The van der Waals surface area contributed by atoms with E-state index in [0.29, 0.717) is 25.9 Å². The maximum absolute atomic E-state index is 12.5. The summed E-state index contributed by atoms with van der Waals surface area (Å²) in [5.41, 5.74) is 0. The van der Waals surface area contributed by atoms with Crippen LogP contribution in [0.3, 0.4) is 0 Å². The number of methoxy groups -OCH3 is 1. The summed E-state index contributed by atoms with van der Waals surface area (Å²) in [5, 5.41) is 5.78. The normalized spacial score (nSPS) is 27.5. The minimum Gasteiger partial charge on any atom is -0.469 e. The van der Waals surface area contributed by atoms with Crippen molar-refractivity contribution in [2.24, 2.45) is 0 Å². The van der Waals surface area contributed by atoms with Gasteiger partial charge in [-0.3, -0.25) is 14.5 Å². The third-order valence-electron chi connectivity index (χ3n) is 4.83. The van der Waals surface area contributed by atoms with Crippen molar-refractivity contribution < 1.29 is 19.1 Å². The van der Waals surface area contributed by atoms with Crippen LogP contribution in [0.5, 0.6) is 0 Å². The Morgan fingerprint density at radius 2 is 2.12 bits per heavy atom. The first kappa shape index (κ1) is 18.5. The molecule has 3 unspecified atom stereocenters. The van der Waals surface area contributed by atoms with Gasteiger partial charge in [-0.2, -0.15) is 0 Å². The van der Waals surface area contributed by atoms with E-state index < -0.39 is 6.04 Å². The number of amides is 3. The first-order chi connectivity index (χ1) is 11.3. The number of likely N-dealkylation sites (tertiary alicyclic amines) is 1. The summed E-state index contributed by atoms with van der Waals surface area (Å²) in [5.74, 6) is -0.372. The van der Waals surface area contributed by atoms with Crippen molar-refractivity contribution in [1.82, 2.24) is 20.4 Å². The predicted octanol–water partition coefficient (Wildman–Crippen LogP) is -0.0693. The van der Waals surface area contributed by atoms with Crippen molar-refractivity contribution >= 4 is 17.9 Å². The minimum absolute atomic E-state index is 0.0240. The minimum atomic E-state index is -0.489. The molecule has 0 aromatic carbocycles. The number of hydrogen-bond donors (Lipinski definition) is 2. The predicted molar refractivity (Wildman–Crippen MR) is 88.4 cm³/mol. The van der Waals surface area contributed by atoms with E-state index >= 15 is 0 Å². The van der Waals surface area contributed by atoms with Crippen molar-refractivity contribution in [3.8, 4) is 0 Å². The fraction of sp³-hybridized carbons (Fsp3) is 0.812. The fourth-order valence-electron chi connectivity index (χ4n) is 3.51. The van der Waals surface area contributed by atoms with Gasteiger partial charge in [-0.05, 0) is 33.7 Å². The molecule has 2 aliphatic rings. The first-order valence-corrected chi connectivity index (χ1v) is 8.48. The van der Waals surface area contributed by atoms with E-state index in [4.69, 9.17) is 4.74 Å². The highest BCUT2D eigenvalue weighted by Crippen LogP contribution is 2.27. The molecule has 3 atom stereocenters. The average Bonchev–Trinajstić information content (AvgIpc) is 2.93. The van der Waals surface area contributed by atoms with Crippen molar-refractivity contribution in [1.29, 1.82) is 0 Å². The lowest BCUT2D eigenvalue weighted by Crippen LogP contribution is -2.54. The SMILES string of the molecule is COC(=O)CCC1CNC(=O)C2C(CCN2C(=O)NC(C)C)N1C. The number of carbonyl (C=O) groups excluding carboxylic acids is 3. The summed E-state index contributed by atoms with van der Waals surface area (Å²) < 4.78 is 4.70. The van der Waals surface area contributed by atoms with Crippen molar-refractivity contribution in [2.75, 3.05) is 27.2 Å². The highest BCUT2D eigenvalue weighted by atomic mass is 16.5. The second-order valence-electron chi connectivity index (χ2n) is 6.78. The second kappa shape index (κ2) is 7.83. The molecule has 0 spiro atoms. The molecule has 2 N–H and O–H groups in total. The molecule has 2 rings (SSSR count). The van der Waals surface area contributed by atoms with Gasteiger partial charge in [0, 0.05) is 37.6 Å². The largest absolute Gasteiger partial charge is 0.469 e. The maximum atomic E-state index is 12.5. The summed E-state index contributed by atoms with van der Waals surface area (Å²) in [6.07, 6.45) is 1.68. The molecule has 2 aliphatic heterocycles. The Bertz CT molecular complexity index is 496. The number of hydrogen-bond acceptors (Lipinski definition) is 5. The number of nitrogens with zero attached hydrogens (tertiary/aromatic N) is 2. The van der Waals surface area contributed by atoms with Gasteiger partial charge in [0.25, 0.3) is 0 Å². The fourth-order valence-corrected chi connectivity index (χ4v) is 3.51. The molecule has 2 fully saturated rings. The number of urea groups is 1. The Morgan fingerprint density at radius 3 is 2.75 bits per heavy atom. The number of ether oxygens (including phenoxy) is 1. The van der Waals surface area contributed by atoms with Crippen LogP contribution in [0.1, 0.15) is 33.1 Å². The van der Waals surface area contributed by atoms with Crippen LogP contribution < -0.4 is 10.6 Å². The van der Waals surface area contributed by atoms with Crippen LogP contribution in [0.25, 0.3) is 0 Å². The van der Waals surface area contributed by atoms with Gasteiger partial charge in [-0.15, -0.1) is 0 Å². The third-order valence-corrected chi connectivity index (χ3v) is 4.83. The Morgan fingerprint density at radius 1 is 1.42 bits per heavy atom. The lowest BCUT2D eigenvalue weighted by atomic mass is 10.0. The molecule has 24 heavy (non-hydrogen) atoms. The summed E-state index contributed by atoms with van der Waals surface area (Å²) >= 11 is 0. The molecular formula is C16H28N4O4. The molecule has 8 heteroatoms. The quantitative estimate of drug-likeness (QED) is 0.699. The third kappa shape index (κ3) is 3.98. The van der Waals surface area contributed by atoms with Gasteiger partial charge in [0.05, 0.1) is 7.11 Å². The van der Waals surface area contributed by atoms with Crippen molar-refractivity contribution in [3.63, 3.8) is 0 Å². The molecule has 0 aliphatic carbocycles. The molecule has 3 amide bonds. The molecule has 8 nitrogen and oxygen atoms in total. The molecule has 2 saturated heterocycles. The Hall–Kier alpha value is -1.83. The molecule has 0 bridgehead atoms. The van der Waals surface area contributed by atoms with Crippen LogP contribution in [0.2, 0.25) is 0 Å². The lowest BCUT2D eigenvalue weighted by molar-refractivity contribution is -0.141. The average molecular weight is 340 g/mol. The van der Waals surface area contributed by atoms with E-state index in [9.17, 15) is 14.4 Å². The van der Waals surface area contributed by atoms with Gasteiger partial charge in [0.15, 0.2) is 0 Å². The zero-order valence-corrected chi connectivity index (χ0v) is 14.9. The first-order valence-electron chi connectivity index (χ1n) is 8.48. The maximum Gasteiger partial charge on any atom is 0.318 e. The highest BCUT2D eigenvalue weighted by molar-refractivity contribution is 5.88. The molecular weight excluding hydrogens is 312 g/mol. The van der Waals surface area contributed by atoms with Crippen LogP contribution in [0.4, 0.5) is 4.79 Å². The number of likely N-dealkylation sites (N-methyl/N-ethyl adjacent to an activating group) is 1. The van der Waals surface area contributed by atoms with Gasteiger partial charge in [-0.1, -0.05) is 0 Å². The summed E-state index contributed by atoms with van der Waals surface area (Å²) in [7, 11) is 3.34. The van der Waals surface area contributed by atoms with E-state index in [1.54, 1.807) is 4.90 Å². The van der Waals surface area contributed by atoms with Crippen molar-refractivity contribution in [2.45, 2.75) is 57.3 Å². The second-order valence-corrected chi connectivity index (χ2v) is 6.78. The number of rotatable bonds is 4. The van der Waals surface area contributed by atoms with Gasteiger partial charge in [-0.25, -0.2) is 4.79 Å². The Labute approximate surface area is 142 Å². The summed E-state index contributed by atoms with van der Waals surface area (Å²) in [6, 6.07) is -0.647. The molecule has 0 radical (unpaired) electrons. The van der Waals surface area contributed by atoms with E-state index in [-0.39, 0.29) is 36.0 Å². The molecule has 0 aromatic rings. The molecule has 136 valence electrons. The van der Waals surface area contributed by atoms with Crippen LogP contribution >= 0.6 is 0 Å². The van der Waals surface area contributed by atoms with Gasteiger partial charge < -0.3 is 20.3 Å². The molecule has 0 saturated carbocycles. The van der Waals surface area contributed by atoms with Crippen LogP contribution in [-0.2, 0) is 14.3 Å². The van der Waals surface area contributed by atoms with Crippen LogP contribution in [0, 0.1) is 0 Å². The number of fused-ring (bicyclic) bond motifs is 1.